The number of rotatable bonds is 3. The molecule has 84 valence electrons. The number of thiophene rings is 1. The van der Waals surface area contributed by atoms with Crippen molar-refractivity contribution in [3.63, 3.8) is 0 Å². The van der Waals surface area contributed by atoms with Gasteiger partial charge in [-0.05, 0) is 40.2 Å². The second-order valence-electron chi connectivity index (χ2n) is 3.21. The minimum absolute atomic E-state index is 0.713. The smallest absolute Gasteiger partial charge is 0.0549 e. The Morgan fingerprint density at radius 1 is 1.25 bits per heavy atom. The Hall–Kier alpha value is -0.220. The lowest BCUT2D eigenvalue weighted by Gasteiger charge is -2.05. The summed E-state index contributed by atoms with van der Waals surface area (Å²) in [5, 5.41) is 6.74. The first-order valence-corrected chi connectivity index (χ1v) is 7.00. The molecule has 1 aromatic carbocycles. The van der Waals surface area contributed by atoms with Crippen LogP contribution in [0.25, 0.3) is 0 Å². The topological polar surface area (TPSA) is 12.0 Å². The monoisotopic (exact) mass is 335 g/mol. The summed E-state index contributed by atoms with van der Waals surface area (Å²) in [6.45, 7) is 0.769. The Morgan fingerprint density at radius 3 is 2.69 bits per heavy atom. The molecule has 5 heteroatoms. The maximum absolute atomic E-state index is 5.91. The Morgan fingerprint density at radius 2 is 2.06 bits per heavy atom. The molecule has 0 fully saturated rings. The van der Waals surface area contributed by atoms with E-state index in [4.69, 9.17) is 23.2 Å². The number of halogens is 3. The van der Waals surface area contributed by atoms with Crippen LogP contribution in [0.4, 0.5) is 5.69 Å². The maximum Gasteiger partial charge on any atom is 0.0549 e. The van der Waals surface area contributed by atoms with Crippen LogP contribution in [-0.4, -0.2) is 0 Å². The summed E-state index contributed by atoms with van der Waals surface area (Å²) < 4.78 is 0.892. The van der Waals surface area contributed by atoms with Crippen molar-refractivity contribution in [1.82, 2.24) is 0 Å². The molecule has 0 aliphatic carbocycles. The minimum atomic E-state index is 0.713. The molecule has 1 heterocycles. The number of hydrogen-bond donors (Lipinski definition) is 1. The van der Waals surface area contributed by atoms with Crippen molar-refractivity contribution in [1.29, 1.82) is 0 Å². The molecule has 0 saturated heterocycles. The number of nitrogens with one attached hydrogen (secondary N) is 1. The highest BCUT2D eigenvalue weighted by Crippen LogP contribution is 2.26. The fourth-order valence-electron chi connectivity index (χ4n) is 1.24. The van der Waals surface area contributed by atoms with Crippen molar-refractivity contribution in [2.75, 3.05) is 5.32 Å². The molecule has 0 aliphatic rings. The van der Waals surface area contributed by atoms with E-state index in [1.807, 2.05) is 29.6 Å². The van der Waals surface area contributed by atoms with Gasteiger partial charge in [0.25, 0.3) is 0 Å². The first-order valence-electron chi connectivity index (χ1n) is 4.57. The van der Waals surface area contributed by atoms with Gasteiger partial charge in [-0.15, -0.1) is 11.3 Å². The van der Waals surface area contributed by atoms with Gasteiger partial charge < -0.3 is 5.32 Å². The molecule has 0 bridgehead atoms. The van der Waals surface area contributed by atoms with E-state index in [9.17, 15) is 0 Å². The van der Waals surface area contributed by atoms with E-state index in [0.717, 1.165) is 21.7 Å². The van der Waals surface area contributed by atoms with Crippen molar-refractivity contribution in [3.05, 3.63) is 49.0 Å². The molecule has 0 saturated carbocycles. The standard InChI is InChI=1S/C11H8BrCl2NS/c12-10-4-8(1-2-11(10)14)15-5-9-3-7(13)6-16-9/h1-4,6,15H,5H2. The minimum Gasteiger partial charge on any atom is -0.380 e. The average Bonchev–Trinajstić information content (AvgIpc) is 2.66. The second kappa shape index (κ2) is 5.41. The highest BCUT2D eigenvalue weighted by Gasteiger charge is 2.00. The van der Waals surface area contributed by atoms with Crippen LogP contribution in [0, 0.1) is 0 Å². The molecule has 0 unspecified atom stereocenters. The van der Waals surface area contributed by atoms with Crippen LogP contribution in [0.2, 0.25) is 10.0 Å². The van der Waals surface area contributed by atoms with E-state index in [1.54, 1.807) is 11.3 Å². The molecule has 0 atom stereocenters. The third-order valence-corrected chi connectivity index (χ3v) is 4.51. The molecule has 1 nitrogen and oxygen atoms in total. The van der Waals surface area contributed by atoms with Crippen LogP contribution in [0.15, 0.2) is 34.1 Å². The van der Waals surface area contributed by atoms with Crippen LogP contribution in [0.1, 0.15) is 4.88 Å². The molecule has 0 radical (unpaired) electrons. The third kappa shape index (κ3) is 3.14. The Balaban J connectivity index is 2.02. The second-order valence-corrected chi connectivity index (χ2v) is 5.91. The molecule has 2 aromatic rings. The molecule has 0 aliphatic heterocycles. The Bertz CT molecular complexity index is 498. The van der Waals surface area contributed by atoms with Crippen LogP contribution in [-0.2, 0) is 6.54 Å². The maximum atomic E-state index is 5.91. The van der Waals surface area contributed by atoms with Crippen molar-refractivity contribution >= 4 is 56.2 Å². The van der Waals surface area contributed by atoms with E-state index in [-0.39, 0.29) is 0 Å². The molecule has 1 aromatic heterocycles. The fourth-order valence-corrected chi connectivity index (χ4v) is 2.75. The van der Waals surface area contributed by atoms with Gasteiger partial charge in [-0.1, -0.05) is 23.2 Å². The van der Waals surface area contributed by atoms with Gasteiger partial charge >= 0.3 is 0 Å². The van der Waals surface area contributed by atoms with Crippen LogP contribution in [0.3, 0.4) is 0 Å². The zero-order chi connectivity index (χ0) is 11.5. The SMILES string of the molecule is Clc1csc(CNc2ccc(Cl)c(Br)c2)c1. The van der Waals surface area contributed by atoms with Crippen molar-refractivity contribution < 1.29 is 0 Å². The Kier molecular flexibility index (Phi) is 4.14. The van der Waals surface area contributed by atoms with Gasteiger partial charge in [0.15, 0.2) is 0 Å². The van der Waals surface area contributed by atoms with Crippen molar-refractivity contribution in [3.8, 4) is 0 Å². The summed E-state index contributed by atoms with van der Waals surface area (Å²) in [5.41, 5.74) is 1.03. The largest absolute Gasteiger partial charge is 0.380 e. The van der Waals surface area contributed by atoms with E-state index in [0.29, 0.717) is 5.02 Å². The summed E-state index contributed by atoms with van der Waals surface area (Å²) in [7, 11) is 0. The summed E-state index contributed by atoms with van der Waals surface area (Å²) >= 11 is 16.8. The molecule has 16 heavy (non-hydrogen) atoms. The summed E-state index contributed by atoms with van der Waals surface area (Å²) in [6.07, 6.45) is 0. The lowest BCUT2D eigenvalue weighted by Crippen LogP contribution is -1.96. The predicted molar refractivity (Wildman–Crippen MR) is 75.8 cm³/mol. The zero-order valence-electron chi connectivity index (χ0n) is 8.14. The van der Waals surface area contributed by atoms with E-state index >= 15 is 0 Å². The van der Waals surface area contributed by atoms with Crippen LogP contribution >= 0.6 is 50.5 Å². The highest BCUT2D eigenvalue weighted by atomic mass is 79.9. The lowest BCUT2D eigenvalue weighted by molar-refractivity contribution is 1.19. The lowest BCUT2D eigenvalue weighted by atomic mass is 10.3. The highest BCUT2D eigenvalue weighted by molar-refractivity contribution is 9.10. The normalized spacial score (nSPS) is 10.4. The molecular formula is C11H8BrCl2NS. The number of hydrogen-bond acceptors (Lipinski definition) is 2. The molecule has 0 amide bonds. The summed E-state index contributed by atoms with van der Waals surface area (Å²) in [4.78, 5) is 1.20. The first-order chi connectivity index (χ1) is 7.65. The molecule has 2 rings (SSSR count). The Labute approximate surface area is 117 Å². The van der Waals surface area contributed by atoms with Gasteiger partial charge in [0.1, 0.15) is 0 Å². The summed E-state index contributed by atoms with van der Waals surface area (Å²) in [5.74, 6) is 0. The van der Waals surface area contributed by atoms with E-state index < -0.39 is 0 Å². The van der Waals surface area contributed by atoms with Crippen molar-refractivity contribution in [2.24, 2.45) is 0 Å². The van der Waals surface area contributed by atoms with Gasteiger partial charge in [-0.2, -0.15) is 0 Å². The summed E-state index contributed by atoms with van der Waals surface area (Å²) in [6, 6.07) is 7.72. The predicted octanol–water partition coefficient (Wildman–Crippen LogP) is 5.43. The van der Waals surface area contributed by atoms with Crippen molar-refractivity contribution in [2.45, 2.75) is 6.54 Å². The molecule has 0 spiro atoms. The van der Waals surface area contributed by atoms with Crippen LogP contribution < -0.4 is 5.32 Å². The van der Waals surface area contributed by atoms with E-state index in [2.05, 4.69) is 21.2 Å². The van der Waals surface area contributed by atoms with Gasteiger partial charge in [-0.3, -0.25) is 0 Å². The van der Waals surface area contributed by atoms with Gasteiger partial charge in [0, 0.05) is 27.0 Å². The average molecular weight is 337 g/mol. The van der Waals surface area contributed by atoms with E-state index in [1.165, 1.54) is 4.88 Å². The molecule has 1 N–H and O–H groups in total. The van der Waals surface area contributed by atoms with Gasteiger partial charge in [0.05, 0.1) is 10.0 Å². The third-order valence-electron chi connectivity index (χ3n) is 2.01. The van der Waals surface area contributed by atoms with Gasteiger partial charge in [0.2, 0.25) is 0 Å². The fraction of sp³-hybridized carbons (Fsp3) is 0.0909. The molecular weight excluding hydrogens is 329 g/mol. The van der Waals surface area contributed by atoms with Gasteiger partial charge in [-0.25, -0.2) is 0 Å². The quantitative estimate of drug-likeness (QED) is 0.788. The number of anilines is 1. The zero-order valence-corrected chi connectivity index (χ0v) is 12.1. The number of benzene rings is 1. The van der Waals surface area contributed by atoms with Crippen LogP contribution in [0.5, 0.6) is 0 Å². The first kappa shape index (κ1) is 12.2.